The van der Waals surface area contributed by atoms with Crippen LogP contribution in [0.4, 0.5) is 4.79 Å². The monoisotopic (exact) mass is 495 g/mol. The molecule has 2 heterocycles. The van der Waals surface area contributed by atoms with Crippen LogP contribution >= 0.6 is 23.1 Å². The smallest absolute Gasteiger partial charge is 0.315 e. The standard InChI is InChI=1S/C22H33N5O4S2/c1-32-13-18(28)27-10-9-16(26-22(31)24-14-6-3-2-4-7-14)19(27)21(30)25-17(20(23)29)12-15-8-5-11-33-15/h5,8,11,14,16-17,19H,2-4,6-7,9-10,12-13H2,1H3,(H2,23,29)(H,25,30)(H2,24,26,31)/t16-,17-,19-/m0/s1. The number of hydrogen-bond donors (Lipinski definition) is 4. The fraction of sp³-hybridized carbons (Fsp3) is 0.636. The van der Waals surface area contributed by atoms with Gasteiger partial charge in [-0.15, -0.1) is 11.3 Å². The van der Waals surface area contributed by atoms with E-state index in [1.54, 1.807) is 0 Å². The topological polar surface area (TPSA) is 134 Å². The molecule has 0 radical (unpaired) electrons. The molecule has 1 saturated heterocycles. The predicted octanol–water partition coefficient (Wildman–Crippen LogP) is 1.23. The summed E-state index contributed by atoms with van der Waals surface area (Å²) in [5, 5.41) is 10.5. The molecule has 1 saturated carbocycles. The Bertz CT molecular complexity index is 829. The van der Waals surface area contributed by atoms with Crippen molar-refractivity contribution in [2.75, 3.05) is 18.6 Å². The van der Waals surface area contributed by atoms with Crippen LogP contribution in [0.5, 0.6) is 0 Å². The molecule has 0 unspecified atom stereocenters. The fourth-order valence-electron chi connectivity index (χ4n) is 4.51. The number of likely N-dealkylation sites (tertiary alicyclic amines) is 1. The Morgan fingerprint density at radius 1 is 1.18 bits per heavy atom. The number of rotatable bonds is 9. The molecule has 2 aliphatic rings. The van der Waals surface area contributed by atoms with Crippen LogP contribution in [-0.4, -0.2) is 71.4 Å². The van der Waals surface area contributed by atoms with Crippen LogP contribution in [0, 0.1) is 0 Å². The summed E-state index contributed by atoms with van der Waals surface area (Å²) in [4.78, 5) is 53.1. The third-order valence-corrected chi connectivity index (χ3v) is 7.59. The second kappa shape index (κ2) is 12.3. The average molecular weight is 496 g/mol. The number of thioether (sulfide) groups is 1. The van der Waals surface area contributed by atoms with Crippen molar-refractivity contribution in [2.24, 2.45) is 5.73 Å². The lowest BCUT2D eigenvalue weighted by Crippen LogP contribution is -2.59. The summed E-state index contributed by atoms with van der Waals surface area (Å²) >= 11 is 2.85. The summed E-state index contributed by atoms with van der Waals surface area (Å²) in [6.07, 6.45) is 7.83. The van der Waals surface area contributed by atoms with Crippen LogP contribution in [0.15, 0.2) is 17.5 Å². The molecule has 9 nitrogen and oxygen atoms in total. The predicted molar refractivity (Wildman–Crippen MR) is 130 cm³/mol. The van der Waals surface area contributed by atoms with Crippen LogP contribution < -0.4 is 21.7 Å². The number of carbonyl (C=O) groups is 4. The van der Waals surface area contributed by atoms with Gasteiger partial charge in [0.05, 0.1) is 11.8 Å². The molecule has 5 amide bonds. The minimum atomic E-state index is -0.897. The summed E-state index contributed by atoms with van der Waals surface area (Å²) < 4.78 is 0. The zero-order valence-corrected chi connectivity index (χ0v) is 20.5. The van der Waals surface area contributed by atoms with Gasteiger partial charge in [-0.3, -0.25) is 14.4 Å². The Kier molecular flexibility index (Phi) is 9.42. The molecule has 3 rings (SSSR count). The highest BCUT2D eigenvalue weighted by Gasteiger charge is 2.43. The lowest BCUT2D eigenvalue weighted by atomic mass is 9.96. The molecule has 1 aromatic heterocycles. The molecule has 0 bridgehead atoms. The number of primary amides is 1. The second-order valence-electron chi connectivity index (χ2n) is 8.56. The van der Waals surface area contributed by atoms with E-state index >= 15 is 0 Å². The summed E-state index contributed by atoms with van der Waals surface area (Å²) in [6, 6.07) is 1.20. The van der Waals surface area contributed by atoms with Gasteiger partial charge in [-0.2, -0.15) is 11.8 Å². The molecule has 182 valence electrons. The van der Waals surface area contributed by atoms with Gasteiger partial charge in [0.15, 0.2) is 0 Å². The summed E-state index contributed by atoms with van der Waals surface area (Å²) in [5.74, 6) is -1.06. The van der Waals surface area contributed by atoms with Crippen molar-refractivity contribution in [1.29, 1.82) is 0 Å². The Labute approximate surface area is 202 Å². The van der Waals surface area contributed by atoms with Crippen molar-refractivity contribution in [3.63, 3.8) is 0 Å². The molecule has 1 aliphatic heterocycles. The maximum absolute atomic E-state index is 13.3. The number of thiophene rings is 1. The van der Waals surface area contributed by atoms with Gasteiger partial charge in [-0.05, 0) is 37.0 Å². The van der Waals surface area contributed by atoms with E-state index in [0.29, 0.717) is 13.0 Å². The maximum Gasteiger partial charge on any atom is 0.315 e. The maximum atomic E-state index is 13.3. The van der Waals surface area contributed by atoms with Gasteiger partial charge in [-0.1, -0.05) is 25.3 Å². The lowest BCUT2D eigenvalue weighted by molar-refractivity contribution is -0.138. The Hall–Kier alpha value is -2.27. The highest BCUT2D eigenvalue weighted by molar-refractivity contribution is 7.99. The number of nitrogens with one attached hydrogen (secondary N) is 3. The van der Waals surface area contributed by atoms with Gasteiger partial charge < -0.3 is 26.6 Å². The first-order valence-electron chi connectivity index (χ1n) is 11.4. The molecule has 2 fully saturated rings. The highest BCUT2D eigenvalue weighted by atomic mass is 32.2. The molecule has 3 atom stereocenters. The molecule has 1 aromatic rings. The van der Waals surface area contributed by atoms with Crippen molar-refractivity contribution < 1.29 is 19.2 Å². The fourth-order valence-corrected chi connectivity index (χ4v) is 5.67. The van der Waals surface area contributed by atoms with Gasteiger partial charge in [0, 0.05) is 23.9 Å². The quantitative estimate of drug-likeness (QED) is 0.409. The van der Waals surface area contributed by atoms with E-state index in [2.05, 4.69) is 16.0 Å². The molecule has 0 spiro atoms. The third kappa shape index (κ3) is 7.10. The second-order valence-corrected chi connectivity index (χ2v) is 10.5. The van der Waals surface area contributed by atoms with Crippen LogP contribution in [0.25, 0.3) is 0 Å². The summed E-state index contributed by atoms with van der Waals surface area (Å²) in [7, 11) is 0. The number of nitrogens with two attached hydrogens (primary N) is 1. The number of urea groups is 1. The van der Waals surface area contributed by atoms with Crippen molar-refractivity contribution in [1.82, 2.24) is 20.9 Å². The van der Waals surface area contributed by atoms with Gasteiger partial charge in [0.25, 0.3) is 0 Å². The van der Waals surface area contributed by atoms with Crippen LogP contribution in [0.2, 0.25) is 0 Å². The van der Waals surface area contributed by atoms with Crippen LogP contribution in [-0.2, 0) is 20.8 Å². The van der Waals surface area contributed by atoms with Crippen molar-refractivity contribution in [2.45, 2.75) is 69.1 Å². The van der Waals surface area contributed by atoms with E-state index in [0.717, 1.165) is 30.6 Å². The number of nitrogens with zero attached hydrogens (tertiary/aromatic N) is 1. The van der Waals surface area contributed by atoms with E-state index < -0.39 is 29.9 Å². The zero-order chi connectivity index (χ0) is 23.8. The molecule has 33 heavy (non-hydrogen) atoms. The zero-order valence-electron chi connectivity index (χ0n) is 18.9. The Morgan fingerprint density at radius 3 is 2.58 bits per heavy atom. The largest absolute Gasteiger partial charge is 0.368 e. The first kappa shape index (κ1) is 25.4. The first-order chi connectivity index (χ1) is 15.9. The van der Waals surface area contributed by atoms with Gasteiger partial charge in [0.1, 0.15) is 12.1 Å². The Balaban J connectivity index is 1.69. The third-order valence-electron chi connectivity index (χ3n) is 6.16. The number of amides is 5. The van der Waals surface area contributed by atoms with E-state index in [1.807, 2.05) is 23.8 Å². The normalized spacial score (nSPS) is 21.9. The molecule has 1 aliphatic carbocycles. The molecular weight excluding hydrogens is 462 g/mol. The molecule has 11 heteroatoms. The van der Waals surface area contributed by atoms with Crippen LogP contribution in [0.3, 0.4) is 0 Å². The SMILES string of the molecule is CSCC(=O)N1CC[C@H](NC(=O)NC2CCCCC2)[C@H]1C(=O)N[C@@H](Cc1cccs1)C(N)=O. The average Bonchev–Trinajstić information content (AvgIpc) is 3.44. The van der Waals surface area contributed by atoms with Crippen molar-refractivity contribution >= 4 is 46.9 Å². The van der Waals surface area contributed by atoms with Gasteiger partial charge >= 0.3 is 6.03 Å². The summed E-state index contributed by atoms with van der Waals surface area (Å²) in [6.45, 7) is 0.359. The van der Waals surface area contributed by atoms with E-state index in [4.69, 9.17) is 5.73 Å². The highest BCUT2D eigenvalue weighted by Crippen LogP contribution is 2.21. The van der Waals surface area contributed by atoms with Crippen molar-refractivity contribution in [3.8, 4) is 0 Å². The first-order valence-corrected chi connectivity index (χ1v) is 13.6. The van der Waals surface area contributed by atoms with Crippen LogP contribution in [0.1, 0.15) is 43.4 Å². The van der Waals surface area contributed by atoms with E-state index in [1.165, 1.54) is 34.4 Å². The van der Waals surface area contributed by atoms with Gasteiger partial charge in [-0.25, -0.2) is 4.79 Å². The van der Waals surface area contributed by atoms with E-state index in [9.17, 15) is 19.2 Å². The van der Waals surface area contributed by atoms with Crippen molar-refractivity contribution in [3.05, 3.63) is 22.4 Å². The minimum absolute atomic E-state index is 0.131. The minimum Gasteiger partial charge on any atom is -0.368 e. The molecule has 0 aromatic carbocycles. The molecular formula is C22H33N5O4S2. The Morgan fingerprint density at radius 2 is 1.94 bits per heavy atom. The van der Waals surface area contributed by atoms with E-state index in [-0.39, 0.29) is 30.2 Å². The number of carbonyl (C=O) groups excluding carboxylic acids is 4. The summed E-state index contributed by atoms with van der Waals surface area (Å²) in [5.41, 5.74) is 5.55. The number of hydrogen-bond acceptors (Lipinski definition) is 6. The van der Waals surface area contributed by atoms with Gasteiger partial charge in [0.2, 0.25) is 17.7 Å². The lowest BCUT2D eigenvalue weighted by Gasteiger charge is -2.30. The molecule has 5 N–H and O–H groups in total.